The van der Waals surface area contributed by atoms with Gasteiger partial charge in [0.25, 0.3) is 0 Å². The number of aromatic nitrogens is 3. The Kier molecular flexibility index (Phi) is 4.20. The molecule has 1 atom stereocenters. The zero-order valence-corrected chi connectivity index (χ0v) is 11.4. The molecular formula is C14H22N4. The van der Waals surface area contributed by atoms with E-state index >= 15 is 0 Å². The van der Waals surface area contributed by atoms with Crippen LogP contribution in [-0.2, 0) is 13.6 Å². The lowest BCUT2D eigenvalue weighted by molar-refractivity contribution is 0.536. The van der Waals surface area contributed by atoms with Crippen LogP contribution in [0.4, 0.5) is 0 Å². The number of aryl methyl sites for hydroxylation is 1. The Morgan fingerprint density at radius 1 is 1.28 bits per heavy atom. The second-order valence-corrected chi connectivity index (χ2v) is 4.62. The van der Waals surface area contributed by atoms with Crippen molar-refractivity contribution in [1.29, 1.82) is 0 Å². The van der Waals surface area contributed by atoms with Crippen LogP contribution in [0.1, 0.15) is 37.6 Å². The van der Waals surface area contributed by atoms with Gasteiger partial charge in [-0.3, -0.25) is 4.68 Å². The molecule has 1 unspecified atom stereocenters. The quantitative estimate of drug-likeness (QED) is 0.849. The normalized spacial score (nSPS) is 12.8. The SMILES string of the molecule is CCNC(CC)c1ccn(Cc2ccn(C)n2)c1. The summed E-state index contributed by atoms with van der Waals surface area (Å²) in [6, 6.07) is 4.71. The second kappa shape index (κ2) is 5.87. The van der Waals surface area contributed by atoms with Crippen molar-refractivity contribution < 1.29 is 0 Å². The van der Waals surface area contributed by atoms with Crippen LogP contribution in [0.3, 0.4) is 0 Å². The number of nitrogens with zero attached hydrogens (tertiary/aromatic N) is 3. The Morgan fingerprint density at radius 2 is 2.11 bits per heavy atom. The average Bonchev–Trinajstić information content (AvgIpc) is 2.96. The summed E-state index contributed by atoms with van der Waals surface area (Å²) in [7, 11) is 1.95. The van der Waals surface area contributed by atoms with Crippen LogP contribution in [0, 0.1) is 0 Å². The zero-order chi connectivity index (χ0) is 13.0. The molecule has 0 bridgehead atoms. The summed E-state index contributed by atoms with van der Waals surface area (Å²) in [6.45, 7) is 6.20. The van der Waals surface area contributed by atoms with Crippen LogP contribution in [0.15, 0.2) is 30.7 Å². The van der Waals surface area contributed by atoms with Gasteiger partial charge in [0.05, 0.1) is 12.2 Å². The lowest BCUT2D eigenvalue weighted by Crippen LogP contribution is -2.19. The Bertz CT molecular complexity index is 483. The number of hydrogen-bond donors (Lipinski definition) is 1. The van der Waals surface area contributed by atoms with Gasteiger partial charge >= 0.3 is 0 Å². The number of nitrogens with one attached hydrogen (secondary N) is 1. The predicted molar refractivity (Wildman–Crippen MR) is 73.5 cm³/mol. The van der Waals surface area contributed by atoms with Gasteiger partial charge in [-0.25, -0.2) is 0 Å². The lowest BCUT2D eigenvalue weighted by Gasteiger charge is -2.13. The molecule has 0 saturated heterocycles. The molecule has 0 aliphatic rings. The standard InChI is InChI=1S/C14H22N4/c1-4-14(15-5-2)12-6-9-18(10-12)11-13-7-8-17(3)16-13/h6-10,14-15H,4-5,11H2,1-3H3. The van der Waals surface area contributed by atoms with Crippen LogP contribution in [0.5, 0.6) is 0 Å². The van der Waals surface area contributed by atoms with Gasteiger partial charge in [0, 0.05) is 31.7 Å². The van der Waals surface area contributed by atoms with E-state index in [-0.39, 0.29) is 0 Å². The van der Waals surface area contributed by atoms with E-state index in [9.17, 15) is 0 Å². The molecule has 2 aromatic heterocycles. The molecule has 2 heterocycles. The molecule has 0 saturated carbocycles. The van der Waals surface area contributed by atoms with Crippen molar-refractivity contribution in [1.82, 2.24) is 19.7 Å². The molecule has 0 amide bonds. The average molecular weight is 246 g/mol. The largest absolute Gasteiger partial charge is 0.348 e. The molecule has 2 rings (SSSR count). The maximum absolute atomic E-state index is 4.40. The molecule has 0 radical (unpaired) electrons. The molecule has 2 aromatic rings. The molecule has 0 fully saturated rings. The van der Waals surface area contributed by atoms with Gasteiger partial charge in [-0.15, -0.1) is 0 Å². The Labute approximate surface area is 109 Å². The highest BCUT2D eigenvalue weighted by Gasteiger charge is 2.09. The topological polar surface area (TPSA) is 34.8 Å². The highest BCUT2D eigenvalue weighted by Crippen LogP contribution is 2.17. The maximum atomic E-state index is 4.40. The van der Waals surface area contributed by atoms with E-state index in [0.717, 1.165) is 25.2 Å². The molecule has 98 valence electrons. The fourth-order valence-corrected chi connectivity index (χ4v) is 2.24. The van der Waals surface area contributed by atoms with Crippen molar-refractivity contribution in [2.45, 2.75) is 32.9 Å². The first kappa shape index (κ1) is 12.9. The van der Waals surface area contributed by atoms with Gasteiger partial charge in [-0.05, 0) is 30.7 Å². The first-order valence-electron chi connectivity index (χ1n) is 6.60. The first-order chi connectivity index (χ1) is 8.72. The molecule has 1 N–H and O–H groups in total. The summed E-state index contributed by atoms with van der Waals surface area (Å²) < 4.78 is 4.03. The summed E-state index contributed by atoms with van der Waals surface area (Å²) in [4.78, 5) is 0. The van der Waals surface area contributed by atoms with Crippen molar-refractivity contribution >= 4 is 0 Å². The van der Waals surface area contributed by atoms with E-state index in [0.29, 0.717) is 6.04 Å². The van der Waals surface area contributed by atoms with Gasteiger partial charge in [0.15, 0.2) is 0 Å². The van der Waals surface area contributed by atoms with Crippen LogP contribution < -0.4 is 5.32 Å². The highest BCUT2D eigenvalue weighted by molar-refractivity contribution is 5.16. The summed E-state index contributed by atoms with van der Waals surface area (Å²) in [5.74, 6) is 0. The summed E-state index contributed by atoms with van der Waals surface area (Å²) >= 11 is 0. The monoisotopic (exact) mass is 246 g/mol. The van der Waals surface area contributed by atoms with Gasteiger partial charge in [0.2, 0.25) is 0 Å². The summed E-state index contributed by atoms with van der Waals surface area (Å²) in [5.41, 5.74) is 2.45. The second-order valence-electron chi connectivity index (χ2n) is 4.62. The lowest BCUT2D eigenvalue weighted by atomic mass is 10.1. The predicted octanol–water partition coefficient (Wildman–Crippen LogP) is 2.33. The van der Waals surface area contributed by atoms with Crippen molar-refractivity contribution in [3.63, 3.8) is 0 Å². The van der Waals surface area contributed by atoms with E-state index < -0.39 is 0 Å². The van der Waals surface area contributed by atoms with E-state index in [4.69, 9.17) is 0 Å². The van der Waals surface area contributed by atoms with E-state index in [1.807, 2.05) is 17.9 Å². The molecule has 4 nitrogen and oxygen atoms in total. The van der Waals surface area contributed by atoms with Crippen LogP contribution in [0.25, 0.3) is 0 Å². The fraction of sp³-hybridized carbons (Fsp3) is 0.500. The third kappa shape index (κ3) is 3.01. The van der Waals surface area contributed by atoms with E-state index in [1.54, 1.807) is 0 Å². The molecule has 0 spiro atoms. The molecule has 0 aliphatic carbocycles. The minimum atomic E-state index is 0.458. The number of hydrogen-bond acceptors (Lipinski definition) is 2. The van der Waals surface area contributed by atoms with E-state index in [1.165, 1.54) is 5.56 Å². The summed E-state index contributed by atoms with van der Waals surface area (Å²) in [6.07, 6.45) is 7.43. The van der Waals surface area contributed by atoms with Crippen LogP contribution in [-0.4, -0.2) is 20.9 Å². The van der Waals surface area contributed by atoms with Crippen molar-refractivity contribution in [2.24, 2.45) is 7.05 Å². The molecule has 0 aliphatic heterocycles. The Morgan fingerprint density at radius 3 is 2.72 bits per heavy atom. The van der Waals surface area contributed by atoms with Crippen LogP contribution >= 0.6 is 0 Å². The van der Waals surface area contributed by atoms with Gasteiger partial charge in [-0.1, -0.05) is 13.8 Å². The van der Waals surface area contributed by atoms with Crippen LogP contribution in [0.2, 0.25) is 0 Å². The van der Waals surface area contributed by atoms with Gasteiger partial charge in [-0.2, -0.15) is 5.10 Å². The van der Waals surface area contributed by atoms with Crippen molar-refractivity contribution in [2.75, 3.05) is 6.54 Å². The minimum absolute atomic E-state index is 0.458. The molecule has 18 heavy (non-hydrogen) atoms. The zero-order valence-electron chi connectivity index (χ0n) is 11.4. The fourth-order valence-electron chi connectivity index (χ4n) is 2.24. The Hall–Kier alpha value is -1.55. The molecular weight excluding hydrogens is 224 g/mol. The minimum Gasteiger partial charge on any atom is -0.348 e. The molecule has 0 aromatic carbocycles. The third-order valence-electron chi connectivity index (χ3n) is 3.15. The first-order valence-corrected chi connectivity index (χ1v) is 6.60. The van der Waals surface area contributed by atoms with Gasteiger partial charge < -0.3 is 9.88 Å². The maximum Gasteiger partial charge on any atom is 0.0821 e. The van der Waals surface area contributed by atoms with Crippen molar-refractivity contribution in [3.05, 3.63) is 42.0 Å². The van der Waals surface area contributed by atoms with E-state index in [2.05, 4.69) is 53.4 Å². The molecule has 4 heteroatoms. The van der Waals surface area contributed by atoms with Crippen molar-refractivity contribution in [3.8, 4) is 0 Å². The van der Waals surface area contributed by atoms with Gasteiger partial charge in [0.1, 0.15) is 0 Å². The third-order valence-corrected chi connectivity index (χ3v) is 3.15. The highest BCUT2D eigenvalue weighted by atomic mass is 15.3. The number of rotatable bonds is 6. The Balaban J connectivity index is 2.05. The summed E-state index contributed by atoms with van der Waals surface area (Å²) in [5, 5.41) is 7.89. The smallest absolute Gasteiger partial charge is 0.0821 e.